The van der Waals surface area contributed by atoms with Crippen molar-refractivity contribution in [1.82, 2.24) is 0 Å². The van der Waals surface area contributed by atoms with E-state index in [4.69, 9.17) is 9.47 Å². The molecule has 2 aliphatic carbocycles. The Hall–Kier alpha value is -2.44. The second-order valence-corrected chi connectivity index (χ2v) is 10.3. The predicted octanol–water partition coefficient (Wildman–Crippen LogP) is 3.83. The molecule has 0 aromatic heterocycles. The molecule has 33 heavy (non-hydrogen) atoms. The second-order valence-electron chi connectivity index (χ2n) is 10.3. The van der Waals surface area contributed by atoms with Crippen molar-refractivity contribution < 1.29 is 29.3 Å². The molecule has 1 saturated heterocycles. The van der Waals surface area contributed by atoms with E-state index in [2.05, 4.69) is 13.5 Å². The van der Waals surface area contributed by atoms with E-state index < -0.39 is 29.6 Å². The van der Waals surface area contributed by atoms with Gasteiger partial charge in [-0.15, -0.1) is 0 Å². The van der Waals surface area contributed by atoms with Crippen molar-refractivity contribution in [2.24, 2.45) is 22.7 Å². The Bertz CT molecular complexity index is 953. The van der Waals surface area contributed by atoms with Crippen LogP contribution in [0.3, 0.4) is 0 Å². The number of cyclic esters (lactones) is 1. The molecule has 6 atom stereocenters. The first kappa shape index (κ1) is 23.7. The van der Waals surface area contributed by atoms with Crippen molar-refractivity contribution in [1.29, 1.82) is 0 Å². The summed E-state index contributed by atoms with van der Waals surface area (Å²) in [6.45, 7) is 8.51. The lowest BCUT2D eigenvalue weighted by molar-refractivity contribution is -0.151. The first-order valence-electron chi connectivity index (χ1n) is 11.8. The lowest BCUT2D eigenvalue weighted by Gasteiger charge is -2.59. The molecule has 4 rings (SSSR count). The van der Waals surface area contributed by atoms with Crippen molar-refractivity contribution in [3.8, 4) is 0 Å². The van der Waals surface area contributed by atoms with Crippen molar-refractivity contribution in [2.45, 2.75) is 58.2 Å². The number of carbonyl (C=O) groups excluding carboxylic acids is 2. The highest BCUT2D eigenvalue weighted by Gasteiger charge is 2.57. The minimum atomic E-state index is -0.735. The molecule has 0 unspecified atom stereocenters. The summed E-state index contributed by atoms with van der Waals surface area (Å²) >= 11 is 0. The lowest BCUT2D eigenvalue weighted by Crippen LogP contribution is -2.57. The molecular formula is C27H34O6. The van der Waals surface area contributed by atoms with Crippen LogP contribution in [0, 0.1) is 22.7 Å². The van der Waals surface area contributed by atoms with Gasteiger partial charge in [0.05, 0.1) is 23.8 Å². The summed E-state index contributed by atoms with van der Waals surface area (Å²) < 4.78 is 10.8. The third kappa shape index (κ3) is 4.15. The van der Waals surface area contributed by atoms with E-state index in [1.54, 1.807) is 24.3 Å². The third-order valence-electron chi connectivity index (χ3n) is 8.47. The first-order valence-corrected chi connectivity index (χ1v) is 11.8. The largest absolute Gasteiger partial charge is 0.458 e. The quantitative estimate of drug-likeness (QED) is 0.399. The van der Waals surface area contributed by atoms with Gasteiger partial charge in [0, 0.05) is 5.41 Å². The summed E-state index contributed by atoms with van der Waals surface area (Å²) in [5.74, 6) is -0.696. The van der Waals surface area contributed by atoms with Crippen LogP contribution in [0.1, 0.15) is 56.3 Å². The molecule has 2 N–H and O–H groups in total. The first-order chi connectivity index (χ1) is 15.7. The van der Waals surface area contributed by atoms with Gasteiger partial charge in [0.2, 0.25) is 0 Å². The minimum absolute atomic E-state index is 0.0174. The van der Waals surface area contributed by atoms with E-state index in [-0.39, 0.29) is 30.5 Å². The molecule has 0 radical (unpaired) electrons. The maximum atomic E-state index is 12.5. The van der Waals surface area contributed by atoms with Gasteiger partial charge in [0.1, 0.15) is 6.61 Å². The number of hydrogen-bond donors (Lipinski definition) is 2. The van der Waals surface area contributed by atoms with Crippen molar-refractivity contribution in [3.05, 3.63) is 59.7 Å². The van der Waals surface area contributed by atoms with Gasteiger partial charge in [0.25, 0.3) is 0 Å². The number of fused-ring (bicyclic) bond motifs is 1. The molecule has 0 bridgehead atoms. The van der Waals surface area contributed by atoms with E-state index in [0.717, 1.165) is 24.8 Å². The number of aliphatic hydroxyl groups excluding tert-OH is 2. The van der Waals surface area contributed by atoms with E-state index in [1.165, 1.54) is 0 Å². The van der Waals surface area contributed by atoms with Crippen LogP contribution in [-0.2, 0) is 14.3 Å². The fraction of sp³-hybridized carbons (Fsp3) is 0.556. The van der Waals surface area contributed by atoms with Gasteiger partial charge in [-0.3, -0.25) is 0 Å². The van der Waals surface area contributed by atoms with Crippen LogP contribution in [0.4, 0.5) is 0 Å². The van der Waals surface area contributed by atoms with Gasteiger partial charge in [-0.25, -0.2) is 9.59 Å². The van der Waals surface area contributed by atoms with E-state index in [0.29, 0.717) is 24.0 Å². The Balaban J connectivity index is 1.55. The zero-order valence-electron chi connectivity index (χ0n) is 19.5. The molecule has 2 saturated carbocycles. The molecule has 0 amide bonds. The van der Waals surface area contributed by atoms with Crippen molar-refractivity contribution in [2.75, 3.05) is 13.2 Å². The van der Waals surface area contributed by atoms with Gasteiger partial charge in [-0.1, -0.05) is 50.3 Å². The fourth-order valence-electron chi connectivity index (χ4n) is 6.42. The molecule has 3 fully saturated rings. The highest BCUT2D eigenvalue weighted by atomic mass is 16.6. The molecule has 1 aromatic rings. The van der Waals surface area contributed by atoms with Crippen LogP contribution >= 0.6 is 0 Å². The van der Waals surface area contributed by atoms with Crippen molar-refractivity contribution in [3.63, 3.8) is 0 Å². The Labute approximate surface area is 195 Å². The van der Waals surface area contributed by atoms with E-state index >= 15 is 0 Å². The fourth-order valence-corrected chi connectivity index (χ4v) is 6.42. The molecule has 1 aromatic carbocycles. The third-order valence-corrected chi connectivity index (χ3v) is 8.47. The molecule has 1 heterocycles. The summed E-state index contributed by atoms with van der Waals surface area (Å²) in [5, 5.41) is 20.9. The molecule has 3 aliphatic rings. The van der Waals surface area contributed by atoms with Gasteiger partial charge in [-0.05, 0) is 61.5 Å². The number of rotatable bonds is 5. The maximum Gasteiger partial charge on any atom is 0.338 e. The standard InChI is InChI=1S/C27H34O6/c1-17-9-12-22-26(2,14-13-23(29)27(22,3)16-28)20(17)11-10-19-21(15-32-25(19)31)33-24(30)18-7-5-4-6-8-18/h4-8,10,20-23,28-29H,1,9,11-16H2,2-3H3/b19-10+/t20-,21-,22+,23-,26+,27+/m1/s1. The predicted molar refractivity (Wildman–Crippen MR) is 123 cm³/mol. The number of allylic oxidation sites excluding steroid dienone is 2. The zero-order valence-corrected chi connectivity index (χ0v) is 19.5. The molecule has 6 heteroatoms. The summed E-state index contributed by atoms with van der Waals surface area (Å²) in [6, 6.07) is 8.69. The minimum Gasteiger partial charge on any atom is -0.458 e. The Kier molecular flexibility index (Phi) is 6.52. The summed E-state index contributed by atoms with van der Waals surface area (Å²) in [7, 11) is 0. The monoisotopic (exact) mass is 454 g/mol. The summed E-state index contributed by atoms with van der Waals surface area (Å²) in [4.78, 5) is 24.9. The Morgan fingerprint density at radius 1 is 1.27 bits per heavy atom. The highest BCUT2D eigenvalue weighted by molar-refractivity contribution is 5.94. The number of carbonyl (C=O) groups is 2. The van der Waals surface area contributed by atoms with Crippen molar-refractivity contribution >= 4 is 11.9 Å². The number of aliphatic hydroxyl groups is 2. The average molecular weight is 455 g/mol. The smallest absolute Gasteiger partial charge is 0.338 e. The van der Waals surface area contributed by atoms with Gasteiger partial charge < -0.3 is 19.7 Å². The highest BCUT2D eigenvalue weighted by Crippen LogP contribution is 2.61. The van der Waals surface area contributed by atoms with Gasteiger partial charge >= 0.3 is 11.9 Å². The number of esters is 2. The van der Waals surface area contributed by atoms with Crippen LogP contribution in [0.5, 0.6) is 0 Å². The Morgan fingerprint density at radius 3 is 2.70 bits per heavy atom. The van der Waals surface area contributed by atoms with Crippen LogP contribution in [-0.4, -0.2) is 47.6 Å². The van der Waals surface area contributed by atoms with E-state index in [1.807, 2.05) is 19.1 Å². The second kappa shape index (κ2) is 9.07. The van der Waals surface area contributed by atoms with Gasteiger partial charge in [-0.2, -0.15) is 0 Å². The topological polar surface area (TPSA) is 93.1 Å². The molecule has 6 nitrogen and oxygen atoms in total. The summed E-state index contributed by atoms with van der Waals surface area (Å²) in [5.41, 5.74) is 1.22. The van der Waals surface area contributed by atoms with Crippen LogP contribution in [0.15, 0.2) is 54.1 Å². The average Bonchev–Trinajstić information content (AvgIpc) is 3.15. The zero-order chi connectivity index (χ0) is 23.8. The molecule has 178 valence electrons. The number of ether oxygens (including phenoxy) is 2. The molecule has 0 spiro atoms. The van der Waals surface area contributed by atoms with Crippen LogP contribution in [0.25, 0.3) is 0 Å². The Morgan fingerprint density at radius 2 is 2.00 bits per heavy atom. The van der Waals surface area contributed by atoms with Gasteiger partial charge in [0.15, 0.2) is 6.10 Å². The normalized spacial score (nSPS) is 37.5. The van der Waals surface area contributed by atoms with E-state index in [9.17, 15) is 19.8 Å². The van der Waals surface area contributed by atoms with Crippen LogP contribution < -0.4 is 0 Å². The number of benzene rings is 1. The maximum absolute atomic E-state index is 12.5. The SMILES string of the molecule is C=C1CC[C@@H]2[C@](C)(CO)[C@H](O)CC[C@@]2(C)[C@@H]1C/C=C1/C(=O)OC[C@H]1OC(=O)c1ccccc1. The number of hydrogen-bond acceptors (Lipinski definition) is 6. The lowest BCUT2D eigenvalue weighted by atomic mass is 9.46. The molecular weight excluding hydrogens is 420 g/mol. The summed E-state index contributed by atoms with van der Waals surface area (Å²) in [6.07, 6.45) is 4.33. The molecule has 1 aliphatic heterocycles. The van der Waals surface area contributed by atoms with Crippen LogP contribution in [0.2, 0.25) is 0 Å².